The summed E-state index contributed by atoms with van der Waals surface area (Å²) in [5.74, 6) is 0. The molecule has 0 spiro atoms. The number of unbranched alkanes of at least 4 members (excludes halogenated alkanes) is 3. The zero-order valence-corrected chi connectivity index (χ0v) is 12.9. The van der Waals surface area contributed by atoms with Crippen molar-refractivity contribution in [1.82, 2.24) is 0 Å². The number of aliphatic hydroxyl groups is 1. The highest BCUT2D eigenvalue weighted by Gasteiger charge is 2.33. The highest BCUT2D eigenvalue weighted by molar-refractivity contribution is 9.09. The van der Waals surface area contributed by atoms with Crippen LogP contribution in [0.25, 0.3) is 0 Å². The highest BCUT2D eigenvalue weighted by Crippen LogP contribution is 2.32. The first-order valence-corrected chi connectivity index (χ1v) is 7.88. The third kappa shape index (κ3) is 6.24. The van der Waals surface area contributed by atoms with E-state index in [0.717, 1.165) is 32.1 Å². The molecule has 0 rings (SSSR count). The maximum atomic E-state index is 10.7. The molecule has 0 fully saturated rings. The van der Waals surface area contributed by atoms with Crippen LogP contribution in [0.2, 0.25) is 0 Å². The quantitative estimate of drug-likeness (QED) is 0.559. The fourth-order valence-electron chi connectivity index (χ4n) is 2.06. The largest absolute Gasteiger partial charge is 0.389 e. The fourth-order valence-corrected chi connectivity index (χ4v) is 2.84. The average molecular weight is 293 g/mol. The van der Waals surface area contributed by atoms with Crippen molar-refractivity contribution in [3.05, 3.63) is 0 Å². The third-order valence-electron chi connectivity index (χ3n) is 3.32. The number of halogens is 1. The molecule has 0 saturated carbocycles. The summed E-state index contributed by atoms with van der Waals surface area (Å²) in [4.78, 5) is 0.276. The number of hydrogen-bond donors (Lipinski definition) is 1. The Bertz CT molecular complexity index is 151. The van der Waals surface area contributed by atoms with Gasteiger partial charge in [-0.15, -0.1) is 0 Å². The minimum absolute atomic E-state index is 0.276. The molecular formula is C14H29BrO. The van der Waals surface area contributed by atoms with E-state index in [0.29, 0.717) is 0 Å². The zero-order chi connectivity index (χ0) is 12.4. The fraction of sp³-hybridized carbons (Fsp3) is 1.00. The molecule has 0 saturated heterocycles. The van der Waals surface area contributed by atoms with Crippen LogP contribution in [0.4, 0.5) is 0 Å². The van der Waals surface area contributed by atoms with Gasteiger partial charge in [-0.2, -0.15) is 0 Å². The Kier molecular flexibility index (Phi) is 9.73. The first kappa shape index (κ1) is 16.4. The van der Waals surface area contributed by atoms with Crippen molar-refractivity contribution in [2.45, 2.75) is 89.0 Å². The SMILES string of the molecule is CCCCC(Br)C(O)(CCCC)CCCC. The lowest BCUT2D eigenvalue weighted by Crippen LogP contribution is -2.38. The molecule has 0 aromatic rings. The van der Waals surface area contributed by atoms with Crippen molar-refractivity contribution in [3.63, 3.8) is 0 Å². The second-order valence-electron chi connectivity index (χ2n) is 4.92. The van der Waals surface area contributed by atoms with E-state index in [1.165, 1.54) is 25.7 Å². The molecular weight excluding hydrogens is 264 g/mol. The topological polar surface area (TPSA) is 20.2 Å². The standard InChI is InChI=1S/C14H29BrO/c1-4-7-10-13(15)14(16,11-8-5-2)12-9-6-3/h13,16H,4-12H2,1-3H3. The molecule has 16 heavy (non-hydrogen) atoms. The maximum Gasteiger partial charge on any atom is 0.0772 e. The lowest BCUT2D eigenvalue weighted by atomic mass is 9.86. The van der Waals surface area contributed by atoms with Crippen LogP contribution < -0.4 is 0 Å². The molecule has 0 aromatic carbocycles. The van der Waals surface area contributed by atoms with Crippen LogP contribution in [-0.2, 0) is 0 Å². The van der Waals surface area contributed by atoms with E-state index in [1.807, 2.05) is 0 Å². The van der Waals surface area contributed by atoms with E-state index in [9.17, 15) is 5.11 Å². The molecule has 0 aliphatic carbocycles. The highest BCUT2D eigenvalue weighted by atomic mass is 79.9. The van der Waals surface area contributed by atoms with Crippen LogP contribution in [0.3, 0.4) is 0 Å². The Labute approximate surface area is 110 Å². The van der Waals surface area contributed by atoms with Crippen LogP contribution in [0.1, 0.15) is 78.6 Å². The minimum atomic E-state index is -0.471. The predicted octanol–water partition coefficient (Wildman–Crippen LogP) is 5.05. The summed E-state index contributed by atoms with van der Waals surface area (Å²) in [7, 11) is 0. The van der Waals surface area contributed by atoms with Crippen molar-refractivity contribution in [3.8, 4) is 0 Å². The van der Waals surface area contributed by atoms with E-state index in [1.54, 1.807) is 0 Å². The molecule has 1 atom stereocenters. The average Bonchev–Trinajstić information content (AvgIpc) is 2.30. The molecule has 98 valence electrons. The third-order valence-corrected chi connectivity index (χ3v) is 4.63. The predicted molar refractivity (Wildman–Crippen MR) is 76.2 cm³/mol. The van der Waals surface area contributed by atoms with E-state index in [2.05, 4.69) is 36.7 Å². The van der Waals surface area contributed by atoms with E-state index in [-0.39, 0.29) is 4.83 Å². The first-order valence-electron chi connectivity index (χ1n) is 6.97. The van der Waals surface area contributed by atoms with E-state index >= 15 is 0 Å². The van der Waals surface area contributed by atoms with Gasteiger partial charge in [-0.3, -0.25) is 0 Å². The smallest absolute Gasteiger partial charge is 0.0772 e. The minimum Gasteiger partial charge on any atom is -0.389 e. The van der Waals surface area contributed by atoms with Crippen molar-refractivity contribution >= 4 is 15.9 Å². The lowest BCUT2D eigenvalue weighted by Gasteiger charge is -2.33. The van der Waals surface area contributed by atoms with Gasteiger partial charge in [0, 0.05) is 4.83 Å². The van der Waals surface area contributed by atoms with E-state index < -0.39 is 5.60 Å². The van der Waals surface area contributed by atoms with Gasteiger partial charge in [0.2, 0.25) is 0 Å². The summed E-state index contributed by atoms with van der Waals surface area (Å²) in [6.45, 7) is 6.59. The Hall–Kier alpha value is 0.440. The maximum absolute atomic E-state index is 10.7. The van der Waals surface area contributed by atoms with Crippen molar-refractivity contribution in [1.29, 1.82) is 0 Å². The van der Waals surface area contributed by atoms with Gasteiger partial charge in [-0.25, -0.2) is 0 Å². The second-order valence-corrected chi connectivity index (χ2v) is 6.03. The van der Waals surface area contributed by atoms with Crippen molar-refractivity contribution in [2.24, 2.45) is 0 Å². The van der Waals surface area contributed by atoms with Crippen molar-refractivity contribution < 1.29 is 5.11 Å². The van der Waals surface area contributed by atoms with Crippen LogP contribution in [-0.4, -0.2) is 15.5 Å². The summed E-state index contributed by atoms with van der Waals surface area (Å²) in [5, 5.41) is 10.7. The molecule has 2 heteroatoms. The van der Waals surface area contributed by atoms with Gasteiger partial charge < -0.3 is 5.11 Å². The Morgan fingerprint density at radius 1 is 0.938 bits per heavy atom. The Morgan fingerprint density at radius 2 is 1.38 bits per heavy atom. The summed E-state index contributed by atoms with van der Waals surface area (Å²) >= 11 is 3.71. The Morgan fingerprint density at radius 3 is 1.75 bits per heavy atom. The van der Waals surface area contributed by atoms with Crippen LogP contribution >= 0.6 is 15.9 Å². The number of alkyl halides is 1. The van der Waals surface area contributed by atoms with Gasteiger partial charge in [0.25, 0.3) is 0 Å². The van der Waals surface area contributed by atoms with Gasteiger partial charge in [0.15, 0.2) is 0 Å². The van der Waals surface area contributed by atoms with Gasteiger partial charge in [-0.1, -0.05) is 75.2 Å². The van der Waals surface area contributed by atoms with Crippen LogP contribution in [0.15, 0.2) is 0 Å². The molecule has 1 N–H and O–H groups in total. The van der Waals surface area contributed by atoms with Gasteiger partial charge >= 0.3 is 0 Å². The zero-order valence-electron chi connectivity index (χ0n) is 11.3. The molecule has 0 aliphatic rings. The second kappa shape index (κ2) is 9.47. The number of rotatable bonds is 10. The first-order chi connectivity index (χ1) is 7.60. The summed E-state index contributed by atoms with van der Waals surface area (Å²) in [6, 6.07) is 0. The van der Waals surface area contributed by atoms with Gasteiger partial charge in [0.05, 0.1) is 5.60 Å². The van der Waals surface area contributed by atoms with Crippen LogP contribution in [0.5, 0.6) is 0 Å². The van der Waals surface area contributed by atoms with E-state index in [4.69, 9.17) is 0 Å². The Balaban J connectivity index is 4.24. The molecule has 0 heterocycles. The van der Waals surface area contributed by atoms with Crippen LogP contribution in [0, 0.1) is 0 Å². The number of hydrogen-bond acceptors (Lipinski definition) is 1. The molecule has 0 aliphatic heterocycles. The lowest BCUT2D eigenvalue weighted by molar-refractivity contribution is 0.0159. The molecule has 0 amide bonds. The summed E-state index contributed by atoms with van der Waals surface area (Å²) in [6.07, 6.45) is 10.0. The summed E-state index contributed by atoms with van der Waals surface area (Å²) < 4.78 is 0. The molecule has 0 radical (unpaired) electrons. The summed E-state index contributed by atoms with van der Waals surface area (Å²) in [5.41, 5.74) is -0.471. The molecule has 0 aromatic heterocycles. The molecule has 1 unspecified atom stereocenters. The molecule has 0 bridgehead atoms. The van der Waals surface area contributed by atoms with Gasteiger partial charge in [-0.05, 0) is 19.3 Å². The normalized spacial score (nSPS) is 14.1. The monoisotopic (exact) mass is 292 g/mol. The molecule has 1 nitrogen and oxygen atoms in total. The van der Waals surface area contributed by atoms with Crippen molar-refractivity contribution in [2.75, 3.05) is 0 Å². The van der Waals surface area contributed by atoms with Gasteiger partial charge in [0.1, 0.15) is 0 Å².